The van der Waals surface area contributed by atoms with Crippen molar-refractivity contribution in [1.29, 1.82) is 0 Å². The molecule has 3 amide bonds. The molecule has 3 N–H and O–H groups in total. The van der Waals surface area contributed by atoms with Gasteiger partial charge in [-0.25, -0.2) is 9.31 Å². The predicted octanol–water partition coefficient (Wildman–Crippen LogP) is 4.16. The van der Waals surface area contributed by atoms with Crippen molar-refractivity contribution in [1.82, 2.24) is 14.5 Å². The number of hydrogen-bond donors (Lipinski definition) is 2. The van der Waals surface area contributed by atoms with Crippen molar-refractivity contribution in [3.63, 3.8) is 0 Å². The number of ether oxygens (including phenoxy) is 1. The van der Waals surface area contributed by atoms with Crippen molar-refractivity contribution in [2.75, 3.05) is 5.32 Å². The molecule has 0 aliphatic heterocycles. The van der Waals surface area contributed by atoms with Crippen LogP contribution < -0.4 is 15.8 Å². The Balaban J connectivity index is 1.78. The SMILES string of the molecule is CC[C@@H](C)N(Cc1ccn2ncc(C(N)=O)c2c1)C(=O)Nc1ccc(OC(F)(F)F)cc1. The maximum absolute atomic E-state index is 12.9. The molecule has 0 saturated carbocycles. The van der Waals surface area contributed by atoms with Crippen molar-refractivity contribution < 1.29 is 27.5 Å². The number of halogens is 3. The number of pyridine rings is 1. The van der Waals surface area contributed by atoms with E-state index in [4.69, 9.17) is 5.73 Å². The lowest BCUT2D eigenvalue weighted by molar-refractivity contribution is -0.274. The Morgan fingerprint density at radius 3 is 2.53 bits per heavy atom. The normalized spacial score (nSPS) is 12.4. The van der Waals surface area contributed by atoms with Crippen molar-refractivity contribution in [2.24, 2.45) is 5.73 Å². The lowest BCUT2D eigenvalue weighted by atomic mass is 10.1. The third-order valence-electron chi connectivity index (χ3n) is 4.93. The van der Waals surface area contributed by atoms with Crippen LogP contribution >= 0.6 is 0 Å². The van der Waals surface area contributed by atoms with Crippen LogP contribution in [-0.4, -0.2) is 38.9 Å². The molecule has 0 aliphatic rings. The Morgan fingerprint density at radius 1 is 1.25 bits per heavy atom. The summed E-state index contributed by atoms with van der Waals surface area (Å²) in [5.41, 5.74) is 7.26. The molecule has 0 saturated heterocycles. The molecule has 0 spiro atoms. The number of benzene rings is 1. The summed E-state index contributed by atoms with van der Waals surface area (Å²) in [6.45, 7) is 4.04. The van der Waals surface area contributed by atoms with Crippen LogP contribution in [0.15, 0.2) is 48.8 Å². The molecule has 0 bridgehead atoms. The first-order valence-corrected chi connectivity index (χ1v) is 9.77. The standard InChI is InChI=1S/C21H22F3N5O3/c1-3-13(2)28(12-14-8-9-29-18(10-14)17(11-26-29)19(25)30)20(31)27-15-4-6-16(7-5-15)32-21(22,23)24/h4-11,13H,3,12H2,1-2H3,(H2,25,30)(H,27,31)/t13-/m1/s1. The Bertz CT molecular complexity index is 1110. The molecule has 170 valence electrons. The first-order chi connectivity index (χ1) is 15.1. The molecule has 3 aromatic rings. The molecule has 0 radical (unpaired) electrons. The molecule has 11 heteroatoms. The van der Waals surface area contributed by atoms with Gasteiger partial charge in [-0.2, -0.15) is 5.10 Å². The summed E-state index contributed by atoms with van der Waals surface area (Å²) in [7, 11) is 0. The lowest BCUT2D eigenvalue weighted by Gasteiger charge is -2.29. The quantitative estimate of drug-likeness (QED) is 0.565. The van der Waals surface area contributed by atoms with Gasteiger partial charge in [0.2, 0.25) is 0 Å². The maximum atomic E-state index is 12.9. The van der Waals surface area contributed by atoms with Crippen molar-refractivity contribution in [3.05, 3.63) is 59.9 Å². The minimum Gasteiger partial charge on any atom is -0.406 e. The van der Waals surface area contributed by atoms with Gasteiger partial charge in [-0.3, -0.25) is 4.79 Å². The zero-order valence-electron chi connectivity index (χ0n) is 17.4. The number of nitrogens with zero attached hydrogens (tertiary/aromatic N) is 3. The number of aromatic nitrogens is 2. The van der Waals surface area contributed by atoms with Crippen LogP contribution in [0.2, 0.25) is 0 Å². The number of alkyl halides is 3. The van der Waals surface area contributed by atoms with Gasteiger partial charge in [0.25, 0.3) is 5.91 Å². The number of amides is 3. The highest BCUT2D eigenvalue weighted by Gasteiger charge is 2.31. The van der Waals surface area contributed by atoms with E-state index in [1.54, 1.807) is 23.2 Å². The molecule has 1 atom stereocenters. The predicted molar refractivity (Wildman–Crippen MR) is 111 cm³/mol. The summed E-state index contributed by atoms with van der Waals surface area (Å²) < 4.78 is 42.3. The van der Waals surface area contributed by atoms with Crippen molar-refractivity contribution >= 4 is 23.1 Å². The van der Waals surface area contributed by atoms with Crippen LogP contribution in [0.25, 0.3) is 5.52 Å². The van der Waals surface area contributed by atoms with Gasteiger partial charge in [0.05, 0.1) is 17.3 Å². The van der Waals surface area contributed by atoms with Crippen molar-refractivity contribution in [2.45, 2.75) is 39.2 Å². The van der Waals surface area contributed by atoms with Crippen LogP contribution in [-0.2, 0) is 6.54 Å². The number of urea groups is 1. The highest BCUT2D eigenvalue weighted by molar-refractivity contribution is 5.99. The minimum absolute atomic E-state index is 0.139. The molecule has 0 aliphatic carbocycles. The van der Waals surface area contributed by atoms with Gasteiger partial charge in [0.15, 0.2) is 0 Å². The number of nitrogens with one attached hydrogen (secondary N) is 1. The van der Waals surface area contributed by atoms with Gasteiger partial charge in [0.1, 0.15) is 5.75 Å². The second kappa shape index (κ2) is 9.16. The average Bonchev–Trinajstić information content (AvgIpc) is 3.15. The number of hydrogen-bond acceptors (Lipinski definition) is 4. The molecule has 2 heterocycles. The molecular formula is C21H22F3N5O3. The molecule has 2 aromatic heterocycles. The third-order valence-corrected chi connectivity index (χ3v) is 4.93. The molecule has 32 heavy (non-hydrogen) atoms. The first kappa shape index (κ1) is 22.9. The largest absolute Gasteiger partial charge is 0.573 e. The molecule has 1 aromatic carbocycles. The molecule has 3 rings (SSSR count). The van der Waals surface area contributed by atoms with Crippen LogP contribution in [0, 0.1) is 0 Å². The summed E-state index contributed by atoms with van der Waals surface area (Å²) in [5, 5.41) is 6.76. The van der Waals surface area contributed by atoms with Crippen LogP contribution in [0.3, 0.4) is 0 Å². The van der Waals surface area contributed by atoms with Crippen molar-refractivity contribution in [3.8, 4) is 5.75 Å². The highest BCUT2D eigenvalue weighted by Crippen LogP contribution is 2.24. The lowest BCUT2D eigenvalue weighted by Crippen LogP contribution is -2.40. The fraction of sp³-hybridized carbons (Fsp3) is 0.286. The Labute approximate surface area is 181 Å². The fourth-order valence-electron chi connectivity index (χ4n) is 3.09. The Hall–Kier alpha value is -3.76. The van der Waals surface area contributed by atoms with E-state index in [1.165, 1.54) is 22.8 Å². The smallest absolute Gasteiger partial charge is 0.406 e. The van der Waals surface area contributed by atoms with Gasteiger partial charge in [-0.05, 0) is 55.3 Å². The van der Waals surface area contributed by atoms with E-state index < -0.39 is 18.3 Å². The third kappa shape index (κ3) is 5.48. The van der Waals surface area contributed by atoms with E-state index in [2.05, 4.69) is 15.2 Å². The van der Waals surface area contributed by atoms with E-state index in [0.29, 0.717) is 17.6 Å². The fourth-order valence-corrected chi connectivity index (χ4v) is 3.09. The Morgan fingerprint density at radius 2 is 1.94 bits per heavy atom. The number of rotatable bonds is 7. The zero-order valence-corrected chi connectivity index (χ0v) is 17.4. The second-order valence-corrected chi connectivity index (χ2v) is 7.17. The number of nitrogens with two attached hydrogens (primary N) is 1. The van der Waals surface area contributed by atoms with Gasteiger partial charge in [-0.1, -0.05) is 6.92 Å². The molecule has 0 fully saturated rings. The van der Waals surface area contributed by atoms with Crippen LogP contribution in [0.1, 0.15) is 36.2 Å². The summed E-state index contributed by atoms with van der Waals surface area (Å²) in [6.07, 6.45) is -1.06. The number of primary amides is 1. The van der Waals surface area contributed by atoms with Gasteiger partial charge >= 0.3 is 12.4 Å². The number of carbonyl (C=O) groups is 2. The summed E-state index contributed by atoms with van der Waals surface area (Å²) in [6, 6.07) is 7.84. The van der Waals surface area contributed by atoms with Gasteiger partial charge < -0.3 is 20.7 Å². The maximum Gasteiger partial charge on any atom is 0.573 e. The second-order valence-electron chi connectivity index (χ2n) is 7.17. The Kier molecular flexibility index (Phi) is 6.56. The topological polar surface area (TPSA) is 102 Å². The van der Waals surface area contributed by atoms with Crippen LogP contribution in [0.4, 0.5) is 23.7 Å². The van der Waals surface area contributed by atoms with E-state index in [1.807, 2.05) is 13.8 Å². The number of anilines is 1. The van der Waals surface area contributed by atoms with E-state index >= 15 is 0 Å². The first-order valence-electron chi connectivity index (χ1n) is 9.77. The summed E-state index contributed by atoms with van der Waals surface area (Å²) in [4.78, 5) is 26.1. The van der Waals surface area contributed by atoms with E-state index in [9.17, 15) is 22.8 Å². The van der Waals surface area contributed by atoms with Gasteiger partial charge in [0, 0.05) is 24.5 Å². The van der Waals surface area contributed by atoms with Gasteiger partial charge in [-0.15, -0.1) is 13.2 Å². The highest BCUT2D eigenvalue weighted by atomic mass is 19.4. The zero-order chi connectivity index (χ0) is 23.5. The van der Waals surface area contributed by atoms with Crippen LogP contribution in [0.5, 0.6) is 5.75 Å². The monoisotopic (exact) mass is 449 g/mol. The average molecular weight is 449 g/mol. The van der Waals surface area contributed by atoms with E-state index in [0.717, 1.165) is 17.7 Å². The number of fused-ring (bicyclic) bond motifs is 1. The molecule has 0 unspecified atom stereocenters. The molecule has 8 nitrogen and oxygen atoms in total. The molecular weight excluding hydrogens is 427 g/mol. The summed E-state index contributed by atoms with van der Waals surface area (Å²) in [5.74, 6) is -0.986. The summed E-state index contributed by atoms with van der Waals surface area (Å²) >= 11 is 0. The van der Waals surface area contributed by atoms with E-state index in [-0.39, 0.29) is 23.9 Å². The number of carbonyl (C=O) groups excluding carboxylic acids is 2. The minimum atomic E-state index is -4.79.